The summed E-state index contributed by atoms with van der Waals surface area (Å²) in [6, 6.07) is 3.19. The summed E-state index contributed by atoms with van der Waals surface area (Å²) in [4.78, 5) is 10.0. The molecule has 3 nitrogen and oxygen atoms in total. The highest BCUT2D eigenvalue weighted by molar-refractivity contribution is 5.62. The summed E-state index contributed by atoms with van der Waals surface area (Å²) in [7, 11) is 0. The third-order valence-corrected chi connectivity index (χ3v) is 1.77. The van der Waals surface area contributed by atoms with E-state index in [1.54, 1.807) is 0 Å². The van der Waals surface area contributed by atoms with Gasteiger partial charge in [0.2, 0.25) is 0 Å². The molecule has 1 rings (SSSR count). The van der Waals surface area contributed by atoms with E-state index in [0.717, 1.165) is 12.1 Å². The van der Waals surface area contributed by atoms with Crippen molar-refractivity contribution in [2.24, 2.45) is 0 Å². The van der Waals surface area contributed by atoms with Crippen LogP contribution in [0.5, 0.6) is 11.5 Å². The Morgan fingerprint density at radius 3 is 2.59 bits per heavy atom. The summed E-state index contributed by atoms with van der Waals surface area (Å²) in [5.41, 5.74) is 0.307. The van der Waals surface area contributed by atoms with Gasteiger partial charge in [0, 0.05) is 18.1 Å². The standard InChI is InChI=1S/C11H9F3O3/c12-11(13,14)17-9-5-4-8(10(16)7-9)3-1-2-6-15/h1,3-7,16H,2H2. The molecule has 0 aliphatic carbocycles. The summed E-state index contributed by atoms with van der Waals surface area (Å²) in [5, 5.41) is 9.40. The number of halogens is 3. The lowest BCUT2D eigenvalue weighted by Crippen LogP contribution is -2.16. The number of phenols is 1. The number of aromatic hydroxyl groups is 1. The molecule has 0 spiro atoms. The van der Waals surface area contributed by atoms with Crippen molar-refractivity contribution in [2.75, 3.05) is 0 Å². The quantitative estimate of drug-likeness (QED) is 0.831. The molecule has 0 aliphatic heterocycles. The van der Waals surface area contributed by atoms with Crippen LogP contribution in [0.25, 0.3) is 6.08 Å². The molecule has 92 valence electrons. The molecule has 0 atom stereocenters. The lowest BCUT2D eigenvalue weighted by atomic mass is 10.1. The number of benzene rings is 1. The molecule has 0 amide bonds. The number of rotatable bonds is 4. The first kappa shape index (κ1) is 13.1. The topological polar surface area (TPSA) is 46.5 Å². The maximum atomic E-state index is 11.9. The molecule has 1 aromatic carbocycles. The zero-order valence-electron chi connectivity index (χ0n) is 8.57. The second-order valence-electron chi connectivity index (χ2n) is 3.07. The number of ether oxygens (including phenoxy) is 1. The predicted octanol–water partition coefficient (Wildman–Crippen LogP) is 2.89. The second kappa shape index (κ2) is 5.38. The number of aldehydes is 1. The van der Waals surface area contributed by atoms with Crippen molar-refractivity contribution in [1.82, 2.24) is 0 Å². The van der Waals surface area contributed by atoms with E-state index < -0.39 is 12.1 Å². The molecular formula is C11H9F3O3. The van der Waals surface area contributed by atoms with Gasteiger partial charge >= 0.3 is 6.36 Å². The van der Waals surface area contributed by atoms with E-state index in [1.807, 2.05) is 0 Å². The third-order valence-electron chi connectivity index (χ3n) is 1.77. The largest absolute Gasteiger partial charge is 0.573 e. The van der Waals surface area contributed by atoms with E-state index in [4.69, 9.17) is 0 Å². The maximum absolute atomic E-state index is 11.9. The normalized spacial score (nSPS) is 11.7. The number of carbonyl (C=O) groups is 1. The molecular weight excluding hydrogens is 237 g/mol. The van der Waals surface area contributed by atoms with Crippen LogP contribution in [0.2, 0.25) is 0 Å². The molecule has 0 bridgehead atoms. The zero-order valence-corrected chi connectivity index (χ0v) is 8.57. The zero-order chi connectivity index (χ0) is 12.9. The van der Waals surface area contributed by atoms with Crippen LogP contribution >= 0.6 is 0 Å². The Hall–Kier alpha value is -1.98. The van der Waals surface area contributed by atoms with Crippen molar-refractivity contribution in [1.29, 1.82) is 0 Å². The second-order valence-corrected chi connectivity index (χ2v) is 3.07. The highest BCUT2D eigenvalue weighted by Gasteiger charge is 2.31. The fourth-order valence-corrected chi connectivity index (χ4v) is 1.11. The predicted molar refractivity (Wildman–Crippen MR) is 54.5 cm³/mol. The Labute approximate surface area is 95.1 Å². The fraction of sp³-hybridized carbons (Fsp3) is 0.182. The SMILES string of the molecule is O=CCC=Cc1ccc(OC(F)(F)F)cc1O. The molecule has 0 aliphatic rings. The smallest absolute Gasteiger partial charge is 0.507 e. The lowest BCUT2D eigenvalue weighted by molar-refractivity contribution is -0.274. The van der Waals surface area contributed by atoms with Gasteiger partial charge in [0.25, 0.3) is 0 Å². The lowest BCUT2D eigenvalue weighted by Gasteiger charge is -2.09. The van der Waals surface area contributed by atoms with E-state index in [9.17, 15) is 23.1 Å². The van der Waals surface area contributed by atoms with E-state index in [0.29, 0.717) is 11.8 Å². The summed E-state index contributed by atoms with van der Waals surface area (Å²) in [6.45, 7) is 0. The number of hydrogen-bond donors (Lipinski definition) is 1. The van der Waals surface area contributed by atoms with Gasteiger partial charge in [-0.3, -0.25) is 0 Å². The number of hydrogen-bond acceptors (Lipinski definition) is 3. The molecule has 6 heteroatoms. The van der Waals surface area contributed by atoms with Crippen molar-refractivity contribution < 1.29 is 27.8 Å². The van der Waals surface area contributed by atoms with Crippen LogP contribution < -0.4 is 4.74 Å². The third kappa shape index (κ3) is 4.58. The maximum Gasteiger partial charge on any atom is 0.573 e. The molecule has 1 aromatic rings. The highest BCUT2D eigenvalue weighted by Crippen LogP contribution is 2.28. The molecule has 0 unspecified atom stereocenters. The van der Waals surface area contributed by atoms with Crippen molar-refractivity contribution in [2.45, 2.75) is 12.8 Å². The molecule has 0 fully saturated rings. The molecule has 1 N–H and O–H groups in total. The molecule has 0 aromatic heterocycles. The van der Waals surface area contributed by atoms with Gasteiger partial charge in [-0.05, 0) is 12.1 Å². The van der Waals surface area contributed by atoms with Crippen LogP contribution in [-0.2, 0) is 4.79 Å². The van der Waals surface area contributed by atoms with Gasteiger partial charge in [-0.15, -0.1) is 13.2 Å². The van der Waals surface area contributed by atoms with Crippen molar-refractivity contribution in [3.8, 4) is 11.5 Å². The number of carbonyl (C=O) groups excluding carboxylic acids is 1. The van der Waals surface area contributed by atoms with E-state index >= 15 is 0 Å². The Morgan fingerprint density at radius 1 is 1.35 bits per heavy atom. The minimum Gasteiger partial charge on any atom is -0.507 e. The first-order valence-electron chi connectivity index (χ1n) is 4.61. The van der Waals surface area contributed by atoms with Crippen molar-refractivity contribution >= 4 is 12.4 Å². The average molecular weight is 246 g/mol. The summed E-state index contributed by atoms with van der Waals surface area (Å²) in [5.74, 6) is -0.851. The van der Waals surface area contributed by atoms with Gasteiger partial charge in [0.15, 0.2) is 0 Å². The summed E-state index contributed by atoms with van der Waals surface area (Å²) >= 11 is 0. The van der Waals surface area contributed by atoms with Gasteiger partial charge in [0.1, 0.15) is 17.8 Å². The Morgan fingerprint density at radius 2 is 2.06 bits per heavy atom. The van der Waals surface area contributed by atoms with Crippen LogP contribution in [0.1, 0.15) is 12.0 Å². The first-order chi connectivity index (χ1) is 7.92. The van der Waals surface area contributed by atoms with Gasteiger partial charge in [-0.25, -0.2) is 0 Å². The molecule has 0 saturated carbocycles. The average Bonchev–Trinajstić information content (AvgIpc) is 2.19. The minimum atomic E-state index is -4.79. The monoisotopic (exact) mass is 246 g/mol. The molecule has 17 heavy (non-hydrogen) atoms. The minimum absolute atomic E-state index is 0.167. The number of allylic oxidation sites excluding steroid dienone is 1. The highest BCUT2D eigenvalue weighted by atomic mass is 19.4. The van der Waals surface area contributed by atoms with Crippen molar-refractivity contribution in [3.05, 3.63) is 29.8 Å². The number of phenolic OH excluding ortho intramolecular Hbond substituents is 1. The van der Waals surface area contributed by atoms with Crippen LogP contribution in [-0.4, -0.2) is 17.8 Å². The Balaban J connectivity index is 2.82. The van der Waals surface area contributed by atoms with Crippen LogP contribution in [0.3, 0.4) is 0 Å². The fourth-order valence-electron chi connectivity index (χ4n) is 1.11. The van der Waals surface area contributed by atoms with Gasteiger partial charge in [0.05, 0.1) is 0 Å². The van der Waals surface area contributed by atoms with E-state index in [-0.39, 0.29) is 12.2 Å². The van der Waals surface area contributed by atoms with Crippen LogP contribution in [0.15, 0.2) is 24.3 Å². The summed E-state index contributed by atoms with van der Waals surface area (Å²) < 4.78 is 39.2. The van der Waals surface area contributed by atoms with Gasteiger partial charge in [-0.1, -0.05) is 12.2 Å². The Bertz CT molecular complexity index is 424. The van der Waals surface area contributed by atoms with Crippen LogP contribution in [0, 0.1) is 0 Å². The number of alkyl halides is 3. The van der Waals surface area contributed by atoms with E-state index in [1.165, 1.54) is 18.2 Å². The van der Waals surface area contributed by atoms with Crippen LogP contribution in [0.4, 0.5) is 13.2 Å². The molecule has 0 heterocycles. The summed E-state index contributed by atoms with van der Waals surface area (Å²) in [6.07, 6.45) is -1.05. The van der Waals surface area contributed by atoms with Gasteiger partial charge in [-0.2, -0.15) is 0 Å². The van der Waals surface area contributed by atoms with E-state index in [2.05, 4.69) is 4.74 Å². The molecule has 0 radical (unpaired) electrons. The van der Waals surface area contributed by atoms with Gasteiger partial charge < -0.3 is 14.6 Å². The molecule has 0 saturated heterocycles. The Kier molecular flexibility index (Phi) is 4.14. The van der Waals surface area contributed by atoms with Crippen molar-refractivity contribution in [3.63, 3.8) is 0 Å². The first-order valence-corrected chi connectivity index (χ1v) is 4.61.